The van der Waals surface area contributed by atoms with E-state index >= 15 is 0 Å². The van der Waals surface area contributed by atoms with Gasteiger partial charge in [0.1, 0.15) is 4.88 Å². The van der Waals surface area contributed by atoms with Crippen LogP contribution in [0.3, 0.4) is 0 Å². The third-order valence-electron chi connectivity index (χ3n) is 3.78. The Bertz CT molecular complexity index is 950. The van der Waals surface area contributed by atoms with Gasteiger partial charge in [0.05, 0.1) is 6.54 Å². The molecule has 0 fully saturated rings. The number of hydrogen-bond donors (Lipinski definition) is 1. The summed E-state index contributed by atoms with van der Waals surface area (Å²) < 4.78 is 1.61. The lowest BCUT2D eigenvalue weighted by molar-refractivity contribution is 0.0954. The number of benzene rings is 1. The first-order valence-corrected chi connectivity index (χ1v) is 8.86. The van der Waals surface area contributed by atoms with Gasteiger partial charge in [-0.1, -0.05) is 35.1 Å². The highest BCUT2D eigenvalue weighted by Crippen LogP contribution is 2.15. The van der Waals surface area contributed by atoms with Gasteiger partial charge in [0.2, 0.25) is 0 Å². The second-order valence-electron chi connectivity index (χ2n) is 5.54. The number of nitrogens with one attached hydrogen (secondary N) is 1. The number of hydrogen-bond acceptors (Lipinski definition) is 4. The van der Waals surface area contributed by atoms with Crippen LogP contribution in [-0.4, -0.2) is 15.5 Å². The van der Waals surface area contributed by atoms with E-state index in [9.17, 15) is 9.59 Å². The molecule has 7 heteroatoms. The Morgan fingerprint density at radius 3 is 2.72 bits per heavy atom. The van der Waals surface area contributed by atoms with E-state index in [1.165, 1.54) is 0 Å². The summed E-state index contributed by atoms with van der Waals surface area (Å²) in [5, 5.41) is 3.46. The van der Waals surface area contributed by atoms with Gasteiger partial charge in [0, 0.05) is 29.7 Å². The van der Waals surface area contributed by atoms with Gasteiger partial charge in [-0.2, -0.15) is 0 Å². The molecule has 2 aromatic heterocycles. The molecular formula is C18H16ClN3O2S. The zero-order valence-corrected chi connectivity index (χ0v) is 15.1. The Balaban J connectivity index is 1.75. The van der Waals surface area contributed by atoms with Gasteiger partial charge < -0.3 is 5.32 Å². The maximum Gasteiger partial charge on any atom is 0.308 e. The van der Waals surface area contributed by atoms with E-state index in [4.69, 9.17) is 11.6 Å². The van der Waals surface area contributed by atoms with Crippen LogP contribution in [0, 0.1) is 6.92 Å². The van der Waals surface area contributed by atoms with Crippen LogP contribution in [0.15, 0.2) is 53.6 Å². The maximum absolute atomic E-state index is 12.4. The molecule has 3 aromatic rings. The number of aromatic nitrogens is 2. The topological polar surface area (TPSA) is 64.0 Å². The molecule has 0 bridgehead atoms. The highest BCUT2D eigenvalue weighted by Gasteiger charge is 2.17. The van der Waals surface area contributed by atoms with Crippen LogP contribution in [0.2, 0.25) is 5.02 Å². The van der Waals surface area contributed by atoms with Crippen molar-refractivity contribution in [3.63, 3.8) is 0 Å². The summed E-state index contributed by atoms with van der Waals surface area (Å²) >= 11 is 6.90. The number of carbonyl (C=O) groups excluding carboxylic acids is 1. The van der Waals surface area contributed by atoms with Gasteiger partial charge in [0.25, 0.3) is 5.91 Å². The fourth-order valence-electron chi connectivity index (χ4n) is 2.45. The minimum absolute atomic E-state index is 0.151. The number of rotatable bonds is 5. The summed E-state index contributed by atoms with van der Waals surface area (Å²) in [4.78, 5) is 28.9. The lowest BCUT2D eigenvalue weighted by Gasteiger charge is -2.07. The van der Waals surface area contributed by atoms with Crippen molar-refractivity contribution in [3.05, 3.63) is 85.2 Å². The molecule has 128 valence electrons. The zero-order chi connectivity index (χ0) is 17.8. The monoisotopic (exact) mass is 373 g/mol. The van der Waals surface area contributed by atoms with Gasteiger partial charge in [-0.05, 0) is 42.3 Å². The van der Waals surface area contributed by atoms with E-state index in [0.717, 1.165) is 22.5 Å². The molecule has 0 aliphatic heterocycles. The van der Waals surface area contributed by atoms with Gasteiger partial charge in [-0.15, -0.1) is 0 Å². The molecular weight excluding hydrogens is 358 g/mol. The molecule has 1 N–H and O–H groups in total. The molecule has 0 radical (unpaired) electrons. The normalized spacial score (nSPS) is 10.6. The van der Waals surface area contributed by atoms with Crippen LogP contribution in [0.25, 0.3) is 0 Å². The van der Waals surface area contributed by atoms with Crippen molar-refractivity contribution in [1.82, 2.24) is 14.9 Å². The molecule has 0 aliphatic carbocycles. The Kier molecular flexibility index (Phi) is 5.31. The van der Waals surface area contributed by atoms with Gasteiger partial charge in [0.15, 0.2) is 0 Å². The summed E-state index contributed by atoms with van der Waals surface area (Å²) in [5.41, 5.74) is 2.53. The highest BCUT2D eigenvalue weighted by atomic mass is 35.5. The Labute approximate surface area is 153 Å². The van der Waals surface area contributed by atoms with Gasteiger partial charge >= 0.3 is 4.87 Å². The van der Waals surface area contributed by atoms with Crippen LogP contribution < -0.4 is 10.2 Å². The van der Waals surface area contributed by atoms with E-state index in [1.54, 1.807) is 36.0 Å². The van der Waals surface area contributed by atoms with Crippen LogP contribution in [0.5, 0.6) is 0 Å². The van der Waals surface area contributed by atoms with Crippen molar-refractivity contribution in [2.24, 2.45) is 0 Å². The summed E-state index contributed by atoms with van der Waals surface area (Å²) in [6.45, 7) is 2.56. The molecule has 3 rings (SSSR count). The molecule has 5 nitrogen and oxygen atoms in total. The molecule has 0 unspecified atom stereocenters. The summed E-state index contributed by atoms with van der Waals surface area (Å²) in [7, 11) is 0. The lowest BCUT2D eigenvalue weighted by atomic mass is 10.2. The predicted molar refractivity (Wildman–Crippen MR) is 99.3 cm³/mol. The summed E-state index contributed by atoms with van der Waals surface area (Å²) in [6.07, 6.45) is 3.36. The van der Waals surface area contributed by atoms with Crippen LogP contribution in [0.1, 0.15) is 26.5 Å². The first-order chi connectivity index (χ1) is 12.0. The second kappa shape index (κ2) is 7.63. The van der Waals surface area contributed by atoms with Crippen molar-refractivity contribution < 1.29 is 4.79 Å². The minimum Gasteiger partial charge on any atom is -0.347 e. The number of carbonyl (C=O) groups is 1. The van der Waals surface area contributed by atoms with Crippen molar-refractivity contribution >= 4 is 28.8 Å². The maximum atomic E-state index is 12.4. The SMILES string of the molecule is Cc1c(C(=O)NCc2cccc(Cl)c2)sc(=O)n1Cc1ccncc1. The van der Waals surface area contributed by atoms with E-state index in [1.807, 2.05) is 24.3 Å². The van der Waals surface area contributed by atoms with E-state index in [-0.39, 0.29) is 10.8 Å². The molecule has 0 atom stereocenters. The predicted octanol–water partition coefficient (Wildman–Crippen LogP) is 3.24. The Morgan fingerprint density at radius 1 is 1.24 bits per heavy atom. The van der Waals surface area contributed by atoms with Crippen LogP contribution in [-0.2, 0) is 13.1 Å². The number of thiazole rings is 1. The first kappa shape index (κ1) is 17.4. The summed E-state index contributed by atoms with van der Waals surface area (Å²) in [6, 6.07) is 11.0. The third kappa shape index (κ3) is 4.15. The largest absolute Gasteiger partial charge is 0.347 e. The molecule has 1 aromatic carbocycles. The van der Waals surface area contributed by atoms with E-state index in [0.29, 0.717) is 28.7 Å². The van der Waals surface area contributed by atoms with Crippen molar-refractivity contribution in [1.29, 1.82) is 0 Å². The first-order valence-electron chi connectivity index (χ1n) is 7.66. The number of pyridine rings is 1. The van der Waals surface area contributed by atoms with Crippen LogP contribution >= 0.6 is 22.9 Å². The average molecular weight is 374 g/mol. The van der Waals surface area contributed by atoms with Gasteiger partial charge in [-0.3, -0.25) is 19.1 Å². The molecule has 2 heterocycles. The summed E-state index contributed by atoms with van der Waals surface area (Å²) in [5.74, 6) is -0.256. The molecule has 0 aliphatic rings. The number of nitrogens with zero attached hydrogens (tertiary/aromatic N) is 2. The standard InChI is InChI=1S/C18H16ClN3O2S/c1-12-16(17(23)21-10-14-3-2-4-15(19)9-14)25-18(24)22(12)11-13-5-7-20-8-6-13/h2-9H,10-11H2,1H3,(H,21,23). The quantitative estimate of drug-likeness (QED) is 0.746. The molecule has 0 saturated carbocycles. The van der Waals surface area contributed by atoms with Crippen molar-refractivity contribution in [2.45, 2.75) is 20.0 Å². The number of amides is 1. The van der Waals surface area contributed by atoms with Crippen molar-refractivity contribution in [2.75, 3.05) is 0 Å². The zero-order valence-electron chi connectivity index (χ0n) is 13.5. The minimum atomic E-state index is -0.256. The smallest absolute Gasteiger partial charge is 0.308 e. The highest BCUT2D eigenvalue weighted by molar-refractivity contribution is 7.11. The van der Waals surface area contributed by atoms with E-state index < -0.39 is 0 Å². The molecule has 25 heavy (non-hydrogen) atoms. The van der Waals surface area contributed by atoms with E-state index in [2.05, 4.69) is 10.3 Å². The second-order valence-corrected chi connectivity index (χ2v) is 6.93. The average Bonchev–Trinajstić information content (AvgIpc) is 2.89. The van der Waals surface area contributed by atoms with Crippen molar-refractivity contribution in [3.8, 4) is 0 Å². The third-order valence-corrected chi connectivity index (χ3v) is 5.10. The molecule has 1 amide bonds. The lowest BCUT2D eigenvalue weighted by Crippen LogP contribution is -2.23. The van der Waals surface area contributed by atoms with Crippen LogP contribution in [0.4, 0.5) is 0 Å². The number of halogens is 1. The Morgan fingerprint density at radius 2 is 2.00 bits per heavy atom. The molecule has 0 saturated heterocycles. The fourth-order valence-corrected chi connectivity index (χ4v) is 3.57. The Hall–Kier alpha value is -2.44. The van der Waals surface area contributed by atoms with Gasteiger partial charge in [-0.25, -0.2) is 0 Å². The molecule has 0 spiro atoms. The fraction of sp³-hybridized carbons (Fsp3) is 0.167.